The molecule has 0 saturated carbocycles. The fourth-order valence-electron chi connectivity index (χ4n) is 2.09. The molecule has 0 bridgehead atoms. The molecule has 5 nitrogen and oxygen atoms in total. The van der Waals surface area contributed by atoms with Crippen molar-refractivity contribution < 1.29 is 14.3 Å². The maximum atomic E-state index is 13.8. The number of nitrogens with one attached hydrogen (secondary N) is 1. The van der Waals surface area contributed by atoms with Crippen molar-refractivity contribution in [3.63, 3.8) is 0 Å². The lowest BCUT2D eigenvalue weighted by molar-refractivity contribution is -0.135. The fourth-order valence-corrected chi connectivity index (χ4v) is 2.09. The third-order valence-electron chi connectivity index (χ3n) is 3.16. The molecule has 0 aliphatic carbocycles. The fraction of sp³-hybridized carbons (Fsp3) is 0.250. The first-order chi connectivity index (χ1) is 10.6. The van der Waals surface area contributed by atoms with Crippen LogP contribution in [0.3, 0.4) is 0 Å². The van der Waals surface area contributed by atoms with Crippen LogP contribution in [0.25, 0.3) is 0 Å². The van der Waals surface area contributed by atoms with Crippen molar-refractivity contribution in [1.29, 1.82) is 0 Å². The number of aromatic nitrogens is 1. The second-order valence-corrected chi connectivity index (χ2v) is 4.96. The van der Waals surface area contributed by atoms with Crippen LogP contribution in [0.15, 0.2) is 42.6 Å². The van der Waals surface area contributed by atoms with E-state index in [1.54, 1.807) is 25.4 Å². The predicted molar refractivity (Wildman–Crippen MR) is 82.1 cm³/mol. The van der Waals surface area contributed by atoms with E-state index in [2.05, 4.69) is 10.3 Å². The number of likely N-dealkylation sites (N-methyl/N-ethyl adjacent to an activating group) is 1. The predicted octanol–water partition coefficient (Wildman–Crippen LogP) is 2.03. The molecule has 0 aliphatic heterocycles. The number of halogens is 1. The SMILES string of the molecule is CN(CC(=O)O)c1cc(CNCc2ccccn2)ccc1F. The van der Waals surface area contributed by atoms with Gasteiger partial charge in [0.1, 0.15) is 12.4 Å². The lowest BCUT2D eigenvalue weighted by Gasteiger charge is -2.18. The Morgan fingerprint density at radius 1 is 1.32 bits per heavy atom. The summed E-state index contributed by atoms with van der Waals surface area (Å²) >= 11 is 0. The van der Waals surface area contributed by atoms with Crippen LogP contribution in [-0.2, 0) is 17.9 Å². The summed E-state index contributed by atoms with van der Waals surface area (Å²) in [5, 5.41) is 12.0. The van der Waals surface area contributed by atoms with Gasteiger partial charge < -0.3 is 15.3 Å². The Bertz CT molecular complexity index is 635. The second kappa shape index (κ2) is 7.51. The molecule has 0 radical (unpaired) electrons. The number of hydrogen-bond donors (Lipinski definition) is 2. The Balaban J connectivity index is 1.98. The molecule has 0 aliphatic rings. The number of aliphatic carboxylic acids is 1. The summed E-state index contributed by atoms with van der Waals surface area (Å²) in [5.41, 5.74) is 2.08. The van der Waals surface area contributed by atoms with Crippen LogP contribution in [0, 0.1) is 5.82 Å². The van der Waals surface area contributed by atoms with E-state index in [0.717, 1.165) is 11.3 Å². The molecule has 2 aromatic rings. The van der Waals surface area contributed by atoms with E-state index in [1.165, 1.54) is 11.0 Å². The summed E-state index contributed by atoms with van der Waals surface area (Å²) in [6.45, 7) is 0.908. The van der Waals surface area contributed by atoms with E-state index in [0.29, 0.717) is 13.1 Å². The van der Waals surface area contributed by atoms with E-state index < -0.39 is 11.8 Å². The zero-order chi connectivity index (χ0) is 15.9. The summed E-state index contributed by atoms with van der Waals surface area (Å²) in [6, 6.07) is 10.4. The molecule has 1 aromatic carbocycles. The third kappa shape index (κ3) is 4.53. The van der Waals surface area contributed by atoms with Gasteiger partial charge in [-0.05, 0) is 29.8 Å². The molecule has 0 atom stereocenters. The molecule has 2 rings (SSSR count). The lowest BCUT2D eigenvalue weighted by Crippen LogP contribution is -2.26. The molecule has 1 aromatic heterocycles. The standard InChI is InChI=1S/C16H18FN3O2/c1-20(11-16(21)22)15-8-12(5-6-14(15)17)9-18-10-13-4-2-3-7-19-13/h2-8,18H,9-11H2,1H3,(H,21,22). The Hall–Kier alpha value is -2.47. The average Bonchev–Trinajstić information content (AvgIpc) is 2.49. The van der Waals surface area contributed by atoms with Crippen LogP contribution in [-0.4, -0.2) is 29.7 Å². The quantitative estimate of drug-likeness (QED) is 0.819. The number of carboxylic acids is 1. The van der Waals surface area contributed by atoms with Gasteiger partial charge in [-0.15, -0.1) is 0 Å². The van der Waals surface area contributed by atoms with Crippen LogP contribution in [0.1, 0.15) is 11.3 Å². The first kappa shape index (κ1) is 15.9. The molecule has 6 heteroatoms. The van der Waals surface area contributed by atoms with Gasteiger partial charge in [-0.2, -0.15) is 0 Å². The molecule has 116 valence electrons. The van der Waals surface area contributed by atoms with Crippen LogP contribution in [0.4, 0.5) is 10.1 Å². The first-order valence-corrected chi connectivity index (χ1v) is 6.88. The van der Waals surface area contributed by atoms with E-state index in [-0.39, 0.29) is 12.2 Å². The van der Waals surface area contributed by atoms with Crippen molar-refractivity contribution in [2.75, 3.05) is 18.5 Å². The van der Waals surface area contributed by atoms with Crippen molar-refractivity contribution in [1.82, 2.24) is 10.3 Å². The maximum absolute atomic E-state index is 13.8. The van der Waals surface area contributed by atoms with Gasteiger partial charge in [-0.1, -0.05) is 12.1 Å². The Morgan fingerprint density at radius 2 is 2.14 bits per heavy atom. The van der Waals surface area contributed by atoms with E-state index in [9.17, 15) is 9.18 Å². The van der Waals surface area contributed by atoms with Gasteiger partial charge in [0.2, 0.25) is 0 Å². The average molecular weight is 303 g/mol. The molecule has 22 heavy (non-hydrogen) atoms. The highest BCUT2D eigenvalue weighted by atomic mass is 19.1. The number of carboxylic acid groups (broad SMARTS) is 1. The van der Waals surface area contributed by atoms with Crippen LogP contribution < -0.4 is 10.2 Å². The van der Waals surface area contributed by atoms with Crippen molar-refractivity contribution in [2.24, 2.45) is 0 Å². The Labute approximate surface area is 128 Å². The number of hydrogen-bond acceptors (Lipinski definition) is 4. The Morgan fingerprint density at radius 3 is 2.82 bits per heavy atom. The first-order valence-electron chi connectivity index (χ1n) is 6.88. The van der Waals surface area contributed by atoms with E-state index in [1.807, 2.05) is 18.2 Å². The summed E-state index contributed by atoms with van der Waals surface area (Å²) in [5.74, 6) is -1.43. The molecule has 0 amide bonds. The van der Waals surface area contributed by atoms with Gasteiger partial charge in [0.25, 0.3) is 0 Å². The third-order valence-corrected chi connectivity index (χ3v) is 3.16. The zero-order valence-electron chi connectivity index (χ0n) is 12.3. The highest BCUT2D eigenvalue weighted by Gasteiger charge is 2.11. The number of pyridine rings is 1. The van der Waals surface area contributed by atoms with Crippen molar-refractivity contribution in [2.45, 2.75) is 13.1 Å². The highest BCUT2D eigenvalue weighted by Crippen LogP contribution is 2.19. The zero-order valence-corrected chi connectivity index (χ0v) is 12.3. The molecule has 0 fully saturated rings. The lowest BCUT2D eigenvalue weighted by atomic mass is 10.1. The summed E-state index contributed by atoms with van der Waals surface area (Å²) in [6.07, 6.45) is 1.73. The summed E-state index contributed by atoms with van der Waals surface area (Å²) in [7, 11) is 1.55. The minimum absolute atomic E-state index is 0.248. The van der Waals surface area contributed by atoms with Crippen LogP contribution in [0.2, 0.25) is 0 Å². The second-order valence-electron chi connectivity index (χ2n) is 4.96. The number of anilines is 1. The number of carbonyl (C=O) groups is 1. The number of nitrogens with zero attached hydrogens (tertiary/aromatic N) is 2. The van der Waals surface area contributed by atoms with E-state index in [4.69, 9.17) is 5.11 Å². The largest absolute Gasteiger partial charge is 0.480 e. The van der Waals surface area contributed by atoms with Gasteiger partial charge in [0.15, 0.2) is 0 Å². The van der Waals surface area contributed by atoms with Crippen LogP contribution >= 0.6 is 0 Å². The van der Waals surface area contributed by atoms with Crippen LogP contribution in [0.5, 0.6) is 0 Å². The van der Waals surface area contributed by atoms with Gasteiger partial charge in [-0.25, -0.2) is 4.39 Å². The van der Waals surface area contributed by atoms with Gasteiger partial charge in [-0.3, -0.25) is 9.78 Å². The topological polar surface area (TPSA) is 65.5 Å². The van der Waals surface area contributed by atoms with Crippen molar-refractivity contribution >= 4 is 11.7 Å². The van der Waals surface area contributed by atoms with E-state index >= 15 is 0 Å². The minimum atomic E-state index is -0.999. The molecule has 0 unspecified atom stereocenters. The molecule has 2 N–H and O–H groups in total. The molecule has 0 spiro atoms. The van der Waals surface area contributed by atoms with Gasteiger partial charge in [0.05, 0.1) is 11.4 Å². The monoisotopic (exact) mass is 303 g/mol. The summed E-state index contributed by atoms with van der Waals surface area (Å²) < 4.78 is 13.8. The highest BCUT2D eigenvalue weighted by molar-refractivity contribution is 5.73. The van der Waals surface area contributed by atoms with Crippen molar-refractivity contribution in [3.05, 3.63) is 59.7 Å². The number of rotatable bonds is 7. The minimum Gasteiger partial charge on any atom is -0.480 e. The normalized spacial score (nSPS) is 10.5. The number of benzene rings is 1. The smallest absolute Gasteiger partial charge is 0.323 e. The van der Waals surface area contributed by atoms with Crippen molar-refractivity contribution in [3.8, 4) is 0 Å². The van der Waals surface area contributed by atoms with Gasteiger partial charge >= 0.3 is 5.97 Å². The molecular weight excluding hydrogens is 285 g/mol. The maximum Gasteiger partial charge on any atom is 0.323 e. The summed E-state index contributed by atoms with van der Waals surface area (Å²) in [4.78, 5) is 16.3. The molecular formula is C16H18FN3O2. The van der Waals surface area contributed by atoms with Gasteiger partial charge in [0, 0.05) is 26.3 Å². The molecule has 0 saturated heterocycles. The Kier molecular flexibility index (Phi) is 5.43. The molecule has 1 heterocycles.